The van der Waals surface area contributed by atoms with E-state index >= 15 is 0 Å². The molecule has 0 nitrogen and oxygen atoms in total. The Morgan fingerprint density at radius 1 is 0.341 bits per heavy atom. The molecule has 0 saturated carbocycles. The van der Waals surface area contributed by atoms with Crippen molar-refractivity contribution in [2.75, 3.05) is 0 Å². The summed E-state index contributed by atoms with van der Waals surface area (Å²) >= 11 is 1.92. The summed E-state index contributed by atoms with van der Waals surface area (Å²) in [4.78, 5) is 0. The quantitative estimate of drug-likeness (QED) is 0.193. The maximum Gasteiger partial charge on any atom is 0.0440 e. The zero-order valence-corrected chi connectivity index (χ0v) is 23.1. The van der Waals surface area contributed by atoms with Crippen molar-refractivity contribution in [2.45, 2.75) is 0 Å². The topological polar surface area (TPSA) is 0 Å². The Bertz CT molecular complexity index is 2470. The number of thiophene rings is 1. The number of fused-ring (bicyclic) bond motifs is 10. The van der Waals surface area contributed by atoms with E-state index < -0.39 is 0 Å². The van der Waals surface area contributed by atoms with Crippen molar-refractivity contribution in [3.05, 3.63) is 146 Å². The van der Waals surface area contributed by atoms with E-state index in [1.54, 1.807) is 0 Å². The highest BCUT2D eigenvalue weighted by Crippen LogP contribution is 2.46. The molecule has 1 heterocycles. The van der Waals surface area contributed by atoms with Crippen LogP contribution < -0.4 is 0 Å². The van der Waals surface area contributed by atoms with Crippen molar-refractivity contribution in [3.8, 4) is 22.3 Å². The van der Waals surface area contributed by atoms with E-state index in [2.05, 4.69) is 146 Å². The van der Waals surface area contributed by atoms with Crippen molar-refractivity contribution in [3.63, 3.8) is 0 Å². The van der Waals surface area contributed by atoms with E-state index in [9.17, 15) is 0 Å². The minimum absolute atomic E-state index is 1.26. The fourth-order valence-corrected chi connectivity index (χ4v) is 8.04. The molecule has 9 aromatic rings. The first-order valence-electron chi connectivity index (χ1n) is 14.1. The highest BCUT2D eigenvalue weighted by Gasteiger charge is 2.16. The van der Waals surface area contributed by atoms with Gasteiger partial charge in [-0.15, -0.1) is 11.3 Å². The maximum atomic E-state index is 2.41. The average molecular weight is 537 g/mol. The summed E-state index contributed by atoms with van der Waals surface area (Å²) in [5.74, 6) is 0. The van der Waals surface area contributed by atoms with Gasteiger partial charge in [-0.3, -0.25) is 0 Å². The van der Waals surface area contributed by atoms with Crippen molar-refractivity contribution in [2.24, 2.45) is 0 Å². The SMILES string of the molecule is c1ccc2c(-c3ccc4c(c3)sc3c5ccc(-c6cccc7ccccc67)cc5c5ccccc5c43)cccc2c1. The van der Waals surface area contributed by atoms with E-state index in [-0.39, 0.29) is 0 Å². The largest absolute Gasteiger partial charge is 0.134 e. The molecule has 0 unspecified atom stereocenters. The van der Waals surface area contributed by atoms with Gasteiger partial charge in [-0.1, -0.05) is 133 Å². The molecule has 0 aliphatic heterocycles. The third-order valence-corrected chi connectivity index (χ3v) is 9.83. The van der Waals surface area contributed by atoms with Gasteiger partial charge in [0.1, 0.15) is 0 Å². The molecule has 0 atom stereocenters. The summed E-state index contributed by atoms with van der Waals surface area (Å²) in [5.41, 5.74) is 5.10. The molecule has 1 heteroatoms. The van der Waals surface area contributed by atoms with Gasteiger partial charge in [-0.2, -0.15) is 0 Å². The van der Waals surface area contributed by atoms with E-state index in [1.807, 2.05) is 11.3 Å². The van der Waals surface area contributed by atoms with Crippen LogP contribution in [0, 0.1) is 0 Å². The molecule has 0 bridgehead atoms. The van der Waals surface area contributed by atoms with Crippen LogP contribution in [-0.4, -0.2) is 0 Å². The van der Waals surface area contributed by atoms with E-state index in [0.29, 0.717) is 0 Å². The molecule has 9 rings (SSSR count). The van der Waals surface area contributed by atoms with E-state index in [1.165, 1.54) is 85.5 Å². The summed E-state index contributed by atoms with van der Waals surface area (Å²) in [6, 6.07) is 53.6. The molecule has 0 N–H and O–H groups in total. The fourth-order valence-electron chi connectivity index (χ4n) is 6.74. The summed E-state index contributed by atoms with van der Waals surface area (Å²) in [7, 11) is 0. The minimum atomic E-state index is 1.26. The number of benzene rings is 8. The van der Waals surface area contributed by atoms with Gasteiger partial charge in [-0.05, 0) is 72.1 Å². The van der Waals surface area contributed by atoms with Crippen LogP contribution in [0.15, 0.2) is 146 Å². The van der Waals surface area contributed by atoms with Crippen molar-refractivity contribution in [1.29, 1.82) is 0 Å². The second-order valence-electron chi connectivity index (χ2n) is 10.9. The van der Waals surface area contributed by atoms with Crippen LogP contribution >= 0.6 is 11.3 Å². The number of hydrogen-bond acceptors (Lipinski definition) is 1. The van der Waals surface area contributed by atoms with E-state index in [0.717, 1.165) is 0 Å². The number of rotatable bonds is 2. The van der Waals surface area contributed by atoms with Gasteiger partial charge in [0.15, 0.2) is 0 Å². The third-order valence-electron chi connectivity index (χ3n) is 8.64. The Labute approximate surface area is 241 Å². The molecule has 0 aliphatic carbocycles. The lowest BCUT2D eigenvalue weighted by Gasteiger charge is -2.11. The van der Waals surface area contributed by atoms with Crippen LogP contribution in [0.1, 0.15) is 0 Å². The van der Waals surface area contributed by atoms with Crippen molar-refractivity contribution >= 4 is 74.6 Å². The zero-order chi connectivity index (χ0) is 26.9. The van der Waals surface area contributed by atoms with Gasteiger partial charge < -0.3 is 0 Å². The van der Waals surface area contributed by atoms with Gasteiger partial charge in [0.2, 0.25) is 0 Å². The van der Waals surface area contributed by atoms with Crippen molar-refractivity contribution < 1.29 is 0 Å². The molecule has 0 amide bonds. The Hall–Kier alpha value is -4.98. The van der Waals surface area contributed by atoms with Gasteiger partial charge in [0, 0.05) is 25.6 Å². The molecular formula is C40H24S. The standard InChI is InChI=1S/C40H24S/c1-3-13-29-25(9-1)11-7-17-31(29)27-19-21-35-37(23-27)33-15-5-6-16-34(33)39-36-22-20-28(24-38(36)41-40(35)39)32-18-8-12-26-10-2-4-14-30(26)32/h1-24H. The highest BCUT2D eigenvalue weighted by atomic mass is 32.1. The predicted molar refractivity (Wildman–Crippen MR) is 180 cm³/mol. The zero-order valence-electron chi connectivity index (χ0n) is 22.3. The molecule has 0 fully saturated rings. The van der Waals surface area contributed by atoms with Gasteiger partial charge in [-0.25, -0.2) is 0 Å². The first kappa shape index (κ1) is 22.8. The second-order valence-corrected chi connectivity index (χ2v) is 11.9. The molecule has 0 saturated heterocycles. The molecule has 8 aromatic carbocycles. The highest BCUT2D eigenvalue weighted by molar-refractivity contribution is 7.27. The van der Waals surface area contributed by atoms with Crippen LogP contribution in [0.4, 0.5) is 0 Å². The molecule has 0 radical (unpaired) electrons. The minimum Gasteiger partial charge on any atom is -0.134 e. The lowest BCUT2D eigenvalue weighted by atomic mass is 9.92. The summed E-state index contributed by atoms with van der Waals surface area (Å²) in [6.07, 6.45) is 0. The average Bonchev–Trinajstić information content (AvgIpc) is 3.43. The number of hydrogen-bond donors (Lipinski definition) is 0. The summed E-state index contributed by atoms with van der Waals surface area (Å²) in [6.45, 7) is 0. The van der Waals surface area contributed by atoms with Crippen LogP contribution in [0.3, 0.4) is 0 Å². The van der Waals surface area contributed by atoms with Gasteiger partial charge >= 0.3 is 0 Å². The second kappa shape index (κ2) is 8.76. The van der Waals surface area contributed by atoms with Crippen LogP contribution in [-0.2, 0) is 0 Å². The van der Waals surface area contributed by atoms with Crippen molar-refractivity contribution in [1.82, 2.24) is 0 Å². The summed E-state index contributed by atoms with van der Waals surface area (Å²) in [5, 5.41) is 13.1. The van der Waals surface area contributed by atoms with E-state index in [4.69, 9.17) is 0 Å². The molecule has 0 aliphatic rings. The molecule has 0 spiro atoms. The monoisotopic (exact) mass is 536 g/mol. The summed E-state index contributed by atoms with van der Waals surface area (Å²) < 4.78 is 2.70. The van der Waals surface area contributed by atoms with Crippen LogP contribution in [0.25, 0.3) is 85.5 Å². The Morgan fingerprint density at radius 3 is 1.56 bits per heavy atom. The predicted octanol–water partition coefficient (Wildman–Crippen LogP) is 12.0. The molecular weight excluding hydrogens is 513 g/mol. The lowest BCUT2D eigenvalue weighted by molar-refractivity contribution is 1.69. The molecule has 41 heavy (non-hydrogen) atoms. The molecule has 190 valence electrons. The Balaban J connectivity index is 1.33. The third kappa shape index (κ3) is 3.40. The first-order chi connectivity index (χ1) is 20.3. The normalized spacial score (nSPS) is 11.9. The van der Waals surface area contributed by atoms with Gasteiger partial charge in [0.05, 0.1) is 0 Å². The first-order valence-corrected chi connectivity index (χ1v) is 14.9. The van der Waals surface area contributed by atoms with Crippen LogP contribution in [0.5, 0.6) is 0 Å². The fraction of sp³-hybridized carbons (Fsp3) is 0. The molecule has 1 aromatic heterocycles. The van der Waals surface area contributed by atoms with Crippen LogP contribution in [0.2, 0.25) is 0 Å². The lowest BCUT2D eigenvalue weighted by Crippen LogP contribution is -1.84. The maximum absolute atomic E-state index is 2.41. The Kier molecular flexibility index (Phi) is 4.87. The van der Waals surface area contributed by atoms with Gasteiger partial charge in [0.25, 0.3) is 0 Å². The smallest absolute Gasteiger partial charge is 0.0440 e. The Morgan fingerprint density at radius 2 is 0.878 bits per heavy atom.